The average molecular weight is 401 g/mol. The van der Waals surface area contributed by atoms with Crippen molar-refractivity contribution in [2.24, 2.45) is 0 Å². The van der Waals surface area contributed by atoms with Crippen molar-refractivity contribution in [1.82, 2.24) is 4.90 Å². The summed E-state index contributed by atoms with van der Waals surface area (Å²) in [5, 5.41) is 0. The van der Waals surface area contributed by atoms with Crippen LogP contribution in [-0.4, -0.2) is 38.2 Å². The van der Waals surface area contributed by atoms with Gasteiger partial charge in [0.25, 0.3) is 5.91 Å². The molecule has 0 N–H and O–H groups in total. The highest BCUT2D eigenvalue weighted by molar-refractivity contribution is 5.95. The predicted molar refractivity (Wildman–Crippen MR) is 93.0 cm³/mol. The van der Waals surface area contributed by atoms with E-state index in [2.05, 4.69) is 4.74 Å². The van der Waals surface area contributed by atoms with Crippen molar-refractivity contribution in [3.63, 3.8) is 0 Å². The Morgan fingerprint density at radius 1 is 1.04 bits per heavy atom. The van der Waals surface area contributed by atoms with Gasteiger partial charge in [-0.3, -0.25) is 4.79 Å². The van der Waals surface area contributed by atoms with Crippen LogP contribution in [0.5, 0.6) is 17.2 Å². The number of amides is 1. The van der Waals surface area contributed by atoms with Gasteiger partial charge in [-0.25, -0.2) is 8.78 Å². The monoisotopic (exact) mass is 401 g/mol. The number of carbonyl (C=O) groups excluding carboxylic acids is 1. The van der Waals surface area contributed by atoms with Crippen LogP contribution in [0.25, 0.3) is 0 Å². The fourth-order valence-corrected chi connectivity index (χ4v) is 2.61. The summed E-state index contributed by atoms with van der Waals surface area (Å²) in [6.07, 6.45) is 0. The normalized spacial score (nSPS) is 10.7. The molecular formula is C19H19F4NO4. The fourth-order valence-electron chi connectivity index (χ4n) is 2.61. The molecule has 2 aromatic carbocycles. The average Bonchev–Trinajstić information content (AvgIpc) is 2.64. The second kappa shape index (κ2) is 9.29. The number of benzene rings is 2. The summed E-state index contributed by atoms with van der Waals surface area (Å²) in [5.74, 6) is -3.26. The Bertz CT molecular complexity index is 822. The maximum atomic E-state index is 14.2. The Morgan fingerprint density at radius 2 is 1.64 bits per heavy atom. The lowest BCUT2D eigenvalue weighted by atomic mass is 10.1. The van der Waals surface area contributed by atoms with Crippen molar-refractivity contribution < 1.29 is 36.6 Å². The summed E-state index contributed by atoms with van der Waals surface area (Å²) in [5.41, 5.74) is -0.199. The molecule has 0 aliphatic rings. The third-order valence-corrected chi connectivity index (χ3v) is 3.94. The van der Waals surface area contributed by atoms with Crippen LogP contribution in [0.15, 0.2) is 30.3 Å². The molecule has 0 saturated heterocycles. The smallest absolute Gasteiger partial charge is 0.387 e. The Balaban J connectivity index is 2.29. The van der Waals surface area contributed by atoms with E-state index in [1.54, 1.807) is 25.1 Å². The molecule has 9 heteroatoms. The molecule has 0 unspecified atom stereocenters. The first kappa shape index (κ1) is 21.3. The number of rotatable bonds is 8. The van der Waals surface area contributed by atoms with E-state index < -0.39 is 35.5 Å². The lowest BCUT2D eigenvalue weighted by Gasteiger charge is -2.22. The number of nitrogens with zero attached hydrogens (tertiary/aromatic N) is 1. The number of halogens is 4. The molecule has 1 amide bonds. The highest BCUT2D eigenvalue weighted by atomic mass is 19.3. The van der Waals surface area contributed by atoms with Gasteiger partial charge in [-0.2, -0.15) is 8.78 Å². The molecule has 0 aromatic heterocycles. The van der Waals surface area contributed by atoms with Crippen molar-refractivity contribution in [1.29, 1.82) is 0 Å². The van der Waals surface area contributed by atoms with E-state index in [1.807, 2.05) is 0 Å². The van der Waals surface area contributed by atoms with E-state index >= 15 is 0 Å². The maximum absolute atomic E-state index is 14.2. The highest BCUT2D eigenvalue weighted by Crippen LogP contribution is 2.29. The molecule has 28 heavy (non-hydrogen) atoms. The first-order chi connectivity index (χ1) is 13.3. The number of hydrogen-bond acceptors (Lipinski definition) is 4. The van der Waals surface area contributed by atoms with E-state index in [0.717, 1.165) is 0 Å². The van der Waals surface area contributed by atoms with Gasteiger partial charge in [0.2, 0.25) is 0 Å². The van der Waals surface area contributed by atoms with Gasteiger partial charge < -0.3 is 19.1 Å². The van der Waals surface area contributed by atoms with E-state index in [9.17, 15) is 22.4 Å². The van der Waals surface area contributed by atoms with E-state index in [4.69, 9.17) is 9.47 Å². The molecule has 2 rings (SSSR count). The van der Waals surface area contributed by atoms with Gasteiger partial charge in [0.1, 0.15) is 22.9 Å². The number of ether oxygens (including phenoxy) is 3. The molecule has 0 saturated carbocycles. The third-order valence-electron chi connectivity index (χ3n) is 3.94. The zero-order valence-corrected chi connectivity index (χ0v) is 15.5. The van der Waals surface area contributed by atoms with Crippen LogP contribution in [0.2, 0.25) is 0 Å². The SMILES string of the molecule is CCN(Cc1ccc(OC)c(OC)c1)C(=O)c1c(F)cc(OC(F)F)cc1F. The quantitative estimate of drug-likeness (QED) is 0.621. The topological polar surface area (TPSA) is 48.0 Å². The van der Waals surface area contributed by atoms with Crippen molar-refractivity contribution >= 4 is 5.91 Å². The minimum atomic E-state index is -3.24. The number of methoxy groups -OCH3 is 2. The second-order valence-electron chi connectivity index (χ2n) is 5.65. The van der Waals surface area contributed by atoms with Gasteiger partial charge in [-0.1, -0.05) is 6.07 Å². The van der Waals surface area contributed by atoms with Gasteiger partial charge in [-0.15, -0.1) is 0 Å². The van der Waals surface area contributed by atoms with Crippen molar-refractivity contribution in [3.8, 4) is 17.2 Å². The zero-order chi connectivity index (χ0) is 20.8. The number of hydrogen-bond donors (Lipinski definition) is 0. The Kier molecular flexibility index (Phi) is 7.08. The summed E-state index contributed by atoms with van der Waals surface area (Å²) < 4.78 is 67.2. The minimum absolute atomic E-state index is 0.0455. The van der Waals surface area contributed by atoms with Crippen LogP contribution in [0.3, 0.4) is 0 Å². The van der Waals surface area contributed by atoms with Crippen LogP contribution in [-0.2, 0) is 6.54 Å². The standard InChI is InChI=1S/C19H19F4NO4/c1-4-24(10-11-5-6-15(26-2)16(7-11)27-3)18(25)17-13(20)8-12(9-14(17)21)28-19(22)23/h5-9,19H,4,10H2,1-3H3. The summed E-state index contributed by atoms with van der Waals surface area (Å²) in [6, 6.07) is 6.06. The Morgan fingerprint density at radius 3 is 2.14 bits per heavy atom. The van der Waals surface area contributed by atoms with Crippen LogP contribution < -0.4 is 14.2 Å². The molecule has 0 atom stereocenters. The van der Waals surface area contributed by atoms with Crippen LogP contribution in [0.1, 0.15) is 22.8 Å². The van der Waals surface area contributed by atoms with Crippen LogP contribution in [0.4, 0.5) is 17.6 Å². The van der Waals surface area contributed by atoms with Gasteiger partial charge in [0, 0.05) is 25.2 Å². The van der Waals surface area contributed by atoms with Gasteiger partial charge in [0.05, 0.1) is 14.2 Å². The molecule has 0 spiro atoms. The molecule has 5 nitrogen and oxygen atoms in total. The van der Waals surface area contributed by atoms with Gasteiger partial charge in [-0.05, 0) is 24.6 Å². The van der Waals surface area contributed by atoms with Crippen molar-refractivity contribution in [3.05, 3.63) is 53.1 Å². The molecule has 0 bridgehead atoms. The first-order valence-corrected chi connectivity index (χ1v) is 8.24. The molecule has 0 heterocycles. The molecule has 0 radical (unpaired) electrons. The molecule has 152 valence electrons. The second-order valence-corrected chi connectivity index (χ2v) is 5.65. The van der Waals surface area contributed by atoms with E-state index in [1.165, 1.54) is 19.1 Å². The van der Waals surface area contributed by atoms with E-state index in [-0.39, 0.29) is 13.1 Å². The van der Waals surface area contributed by atoms with Crippen LogP contribution >= 0.6 is 0 Å². The highest BCUT2D eigenvalue weighted by Gasteiger charge is 2.24. The minimum Gasteiger partial charge on any atom is -0.493 e. The maximum Gasteiger partial charge on any atom is 0.387 e. The summed E-state index contributed by atoms with van der Waals surface area (Å²) in [4.78, 5) is 13.8. The van der Waals surface area contributed by atoms with E-state index in [0.29, 0.717) is 29.2 Å². The number of alkyl halides is 2. The third kappa shape index (κ3) is 4.85. The Hall–Kier alpha value is -2.97. The van der Waals surface area contributed by atoms with Gasteiger partial charge >= 0.3 is 6.61 Å². The van der Waals surface area contributed by atoms with Gasteiger partial charge in [0.15, 0.2) is 11.5 Å². The fraction of sp³-hybridized carbons (Fsp3) is 0.316. The molecule has 0 fully saturated rings. The lowest BCUT2D eigenvalue weighted by Crippen LogP contribution is -2.31. The predicted octanol–water partition coefficient (Wildman–Crippen LogP) is 4.25. The summed E-state index contributed by atoms with van der Waals surface area (Å²) in [6.45, 7) is -1.40. The largest absolute Gasteiger partial charge is 0.493 e. The molecule has 2 aromatic rings. The lowest BCUT2D eigenvalue weighted by molar-refractivity contribution is -0.0501. The first-order valence-electron chi connectivity index (χ1n) is 8.24. The van der Waals surface area contributed by atoms with Crippen LogP contribution in [0, 0.1) is 11.6 Å². The Labute approximate surface area is 159 Å². The zero-order valence-electron chi connectivity index (χ0n) is 15.5. The number of carbonyl (C=O) groups is 1. The molecular weight excluding hydrogens is 382 g/mol. The van der Waals surface area contributed by atoms with Crippen molar-refractivity contribution in [2.75, 3.05) is 20.8 Å². The molecule has 0 aliphatic heterocycles. The summed E-state index contributed by atoms with van der Waals surface area (Å²) >= 11 is 0. The summed E-state index contributed by atoms with van der Waals surface area (Å²) in [7, 11) is 2.94. The molecule has 0 aliphatic carbocycles. The van der Waals surface area contributed by atoms with Crippen molar-refractivity contribution in [2.45, 2.75) is 20.1 Å².